The summed E-state index contributed by atoms with van der Waals surface area (Å²) in [5, 5.41) is 0.498. The number of nitrogen functional groups attached to an aromatic ring is 1. The molecule has 0 saturated heterocycles. The van der Waals surface area contributed by atoms with Gasteiger partial charge in [0.05, 0.1) is 16.8 Å². The first-order valence-corrected chi connectivity index (χ1v) is 4.22. The first-order chi connectivity index (χ1) is 7.08. The van der Waals surface area contributed by atoms with Crippen molar-refractivity contribution in [1.82, 2.24) is 4.98 Å². The Morgan fingerprint density at radius 1 is 1.33 bits per heavy atom. The number of nitrogens with two attached hydrogens (primary N) is 2. The Morgan fingerprint density at radius 2 is 2.07 bits per heavy atom. The number of hydrogen-bond acceptors (Lipinski definition) is 3. The van der Waals surface area contributed by atoms with Crippen molar-refractivity contribution in [3.63, 3.8) is 0 Å². The molecule has 0 aliphatic rings. The number of nitrogens with zero attached hydrogens (tertiary/aromatic N) is 1. The van der Waals surface area contributed by atoms with Gasteiger partial charge in [-0.2, -0.15) is 0 Å². The lowest BCUT2D eigenvalue weighted by Gasteiger charge is -2.02. The minimum Gasteiger partial charge on any atom is -0.396 e. The molecule has 1 aromatic carbocycles. The van der Waals surface area contributed by atoms with E-state index in [0.29, 0.717) is 10.9 Å². The summed E-state index contributed by atoms with van der Waals surface area (Å²) in [5.74, 6) is -1.13. The molecule has 5 heteroatoms. The molecule has 1 heterocycles. The van der Waals surface area contributed by atoms with Gasteiger partial charge in [-0.15, -0.1) is 0 Å². The van der Waals surface area contributed by atoms with Crippen molar-refractivity contribution in [3.8, 4) is 0 Å². The molecule has 0 spiro atoms. The van der Waals surface area contributed by atoms with E-state index in [4.69, 9.17) is 11.5 Å². The summed E-state index contributed by atoms with van der Waals surface area (Å²) in [6.07, 6.45) is 1.34. The van der Waals surface area contributed by atoms with Crippen LogP contribution in [0.2, 0.25) is 0 Å². The molecule has 1 amide bonds. The molecule has 76 valence electrons. The van der Waals surface area contributed by atoms with E-state index in [1.165, 1.54) is 24.4 Å². The van der Waals surface area contributed by atoms with Gasteiger partial charge in [0, 0.05) is 11.6 Å². The molecule has 0 fully saturated rings. The Hall–Kier alpha value is -2.17. The average Bonchev–Trinajstić information content (AvgIpc) is 2.19. The molecule has 15 heavy (non-hydrogen) atoms. The second-order valence-corrected chi connectivity index (χ2v) is 3.15. The van der Waals surface area contributed by atoms with Crippen LogP contribution in [0.15, 0.2) is 24.4 Å². The van der Waals surface area contributed by atoms with E-state index in [2.05, 4.69) is 4.98 Å². The molecule has 0 saturated carbocycles. The third-order valence-corrected chi connectivity index (χ3v) is 2.08. The van der Waals surface area contributed by atoms with Crippen LogP contribution in [0.5, 0.6) is 0 Å². The quantitative estimate of drug-likeness (QED) is 0.683. The van der Waals surface area contributed by atoms with Crippen molar-refractivity contribution < 1.29 is 9.18 Å². The molecule has 0 bridgehead atoms. The van der Waals surface area contributed by atoms with Crippen molar-refractivity contribution in [2.75, 3.05) is 5.73 Å². The van der Waals surface area contributed by atoms with E-state index in [1.807, 2.05) is 0 Å². The normalized spacial score (nSPS) is 10.5. The van der Waals surface area contributed by atoms with Crippen LogP contribution in [0.3, 0.4) is 0 Å². The van der Waals surface area contributed by atoms with Crippen LogP contribution in [0, 0.1) is 5.82 Å². The number of amides is 1. The minimum absolute atomic E-state index is 0.0295. The molecule has 4 N–H and O–H groups in total. The van der Waals surface area contributed by atoms with Crippen LogP contribution < -0.4 is 11.5 Å². The van der Waals surface area contributed by atoms with Gasteiger partial charge in [-0.1, -0.05) is 0 Å². The highest BCUT2D eigenvalue weighted by Gasteiger charge is 2.06. The maximum Gasteiger partial charge on any atom is 0.250 e. The SMILES string of the molecule is NC(=O)c1cnc2cc(N)c(F)cc2c1. The van der Waals surface area contributed by atoms with E-state index >= 15 is 0 Å². The number of carbonyl (C=O) groups excluding carboxylic acids is 1. The molecule has 0 aliphatic carbocycles. The van der Waals surface area contributed by atoms with Gasteiger partial charge in [0.1, 0.15) is 5.82 Å². The van der Waals surface area contributed by atoms with E-state index < -0.39 is 11.7 Å². The predicted molar refractivity (Wildman–Crippen MR) is 54.6 cm³/mol. The lowest BCUT2D eigenvalue weighted by Crippen LogP contribution is -2.11. The number of anilines is 1. The topological polar surface area (TPSA) is 82.0 Å². The smallest absolute Gasteiger partial charge is 0.250 e. The second kappa shape index (κ2) is 3.20. The zero-order chi connectivity index (χ0) is 11.0. The van der Waals surface area contributed by atoms with Crippen LogP contribution in [0.1, 0.15) is 10.4 Å². The molecule has 0 unspecified atom stereocenters. The van der Waals surface area contributed by atoms with Crippen LogP contribution in [0.4, 0.5) is 10.1 Å². The fraction of sp³-hybridized carbons (Fsp3) is 0. The van der Waals surface area contributed by atoms with Crippen LogP contribution in [-0.4, -0.2) is 10.9 Å². The summed E-state index contributed by atoms with van der Waals surface area (Å²) in [5.41, 5.74) is 11.3. The Kier molecular flexibility index (Phi) is 2.00. The first-order valence-electron chi connectivity index (χ1n) is 4.22. The minimum atomic E-state index is -0.596. The summed E-state index contributed by atoms with van der Waals surface area (Å²) in [4.78, 5) is 14.8. The molecule has 2 rings (SSSR count). The number of rotatable bonds is 1. The Labute approximate surface area is 84.7 Å². The summed E-state index contributed by atoms with van der Waals surface area (Å²) in [6, 6.07) is 4.12. The zero-order valence-electron chi connectivity index (χ0n) is 7.70. The van der Waals surface area contributed by atoms with Gasteiger partial charge in [-0.05, 0) is 18.2 Å². The summed E-state index contributed by atoms with van der Waals surface area (Å²) in [6.45, 7) is 0. The van der Waals surface area contributed by atoms with E-state index in [1.54, 1.807) is 0 Å². The zero-order valence-corrected chi connectivity index (χ0v) is 7.70. The van der Waals surface area contributed by atoms with Gasteiger partial charge in [0.25, 0.3) is 0 Å². The number of primary amides is 1. The molecule has 0 radical (unpaired) electrons. The molecule has 2 aromatic rings. The van der Waals surface area contributed by atoms with E-state index in [9.17, 15) is 9.18 Å². The van der Waals surface area contributed by atoms with Gasteiger partial charge in [0.2, 0.25) is 5.91 Å². The highest BCUT2D eigenvalue weighted by Crippen LogP contribution is 2.19. The van der Waals surface area contributed by atoms with Gasteiger partial charge < -0.3 is 11.5 Å². The maximum absolute atomic E-state index is 13.1. The summed E-state index contributed by atoms with van der Waals surface area (Å²) in [7, 11) is 0. The maximum atomic E-state index is 13.1. The molecule has 0 atom stereocenters. The number of aromatic nitrogens is 1. The summed E-state index contributed by atoms with van der Waals surface area (Å²) < 4.78 is 13.1. The van der Waals surface area contributed by atoms with Gasteiger partial charge in [-0.3, -0.25) is 9.78 Å². The molecular formula is C10H8FN3O. The van der Waals surface area contributed by atoms with Crippen molar-refractivity contribution >= 4 is 22.5 Å². The fourth-order valence-electron chi connectivity index (χ4n) is 1.30. The fourth-order valence-corrected chi connectivity index (χ4v) is 1.30. The van der Waals surface area contributed by atoms with Crippen molar-refractivity contribution in [2.24, 2.45) is 5.73 Å². The average molecular weight is 205 g/mol. The van der Waals surface area contributed by atoms with Crippen molar-refractivity contribution in [2.45, 2.75) is 0 Å². The van der Waals surface area contributed by atoms with Gasteiger partial charge in [-0.25, -0.2) is 4.39 Å². The number of fused-ring (bicyclic) bond motifs is 1. The van der Waals surface area contributed by atoms with Crippen LogP contribution in [0.25, 0.3) is 10.9 Å². The lowest BCUT2D eigenvalue weighted by molar-refractivity contribution is 0.1000. The summed E-state index contributed by atoms with van der Waals surface area (Å²) >= 11 is 0. The molecule has 4 nitrogen and oxygen atoms in total. The van der Waals surface area contributed by atoms with Crippen molar-refractivity contribution in [1.29, 1.82) is 0 Å². The number of halogens is 1. The monoisotopic (exact) mass is 205 g/mol. The Morgan fingerprint density at radius 3 is 2.73 bits per heavy atom. The number of hydrogen-bond donors (Lipinski definition) is 2. The van der Waals surface area contributed by atoms with Crippen LogP contribution in [-0.2, 0) is 0 Å². The highest BCUT2D eigenvalue weighted by atomic mass is 19.1. The molecular weight excluding hydrogens is 197 g/mol. The van der Waals surface area contributed by atoms with Gasteiger partial charge in [0.15, 0.2) is 0 Å². The standard InChI is InChI=1S/C10H8FN3O/c11-7-2-5-1-6(10(13)15)4-14-9(5)3-8(7)12/h1-4H,12H2,(H2,13,15). The lowest BCUT2D eigenvalue weighted by atomic mass is 10.1. The second-order valence-electron chi connectivity index (χ2n) is 3.15. The molecule has 1 aromatic heterocycles. The third-order valence-electron chi connectivity index (χ3n) is 2.08. The highest BCUT2D eigenvalue weighted by molar-refractivity contribution is 5.96. The first kappa shape index (κ1) is 9.39. The number of pyridine rings is 1. The van der Waals surface area contributed by atoms with E-state index in [-0.39, 0.29) is 11.3 Å². The number of carbonyl (C=O) groups is 1. The van der Waals surface area contributed by atoms with Gasteiger partial charge >= 0.3 is 0 Å². The predicted octanol–water partition coefficient (Wildman–Crippen LogP) is 1.06. The Balaban J connectivity index is 2.72. The third kappa shape index (κ3) is 1.59. The van der Waals surface area contributed by atoms with E-state index in [0.717, 1.165) is 0 Å². The van der Waals surface area contributed by atoms with Crippen LogP contribution >= 0.6 is 0 Å². The number of benzene rings is 1. The largest absolute Gasteiger partial charge is 0.396 e. The molecule has 0 aliphatic heterocycles. The Bertz CT molecular complexity index is 554. The van der Waals surface area contributed by atoms with Crippen molar-refractivity contribution in [3.05, 3.63) is 35.8 Å².